The van der Waals surface area contributed by atoms with E-state index in [2.05, 4.69) is 56.9 Å². The molecule has 0 radical (unpaired) electrons. The first kappa shape index (κ1) is 27.0. The summed E-state index contributed by atoms with van der Waals surface area (Å²) in [6, 6.07) is 15.2. The molecule has 2 aromatic rings. The molecule has 0 heterocycles. The SMILES string of the molecule is CC(C)C(=O)Oc1ccc(CO)cc1CCCc1cccc(N(C(C)C)C(C)C)c1.Cl. The fourth-order valence-corrected chi connectivity index (χ4v) is 3.80. The molecule has 0 saturated heterocycles. The normalized spacial score (nSPS) is 11.0. The van der Waals surface area contributed by atoms with Crippen molar-refractivity contribution in [2.45, 2.75) is 79.5 Å². The van der Waals surface area contributed by atoms with E-state index >= 15 is 0 Å². The Kier molecular flexibility index (Phi) is 11.1. The Morgan fingerprint density at radius 2 is 1.61 bits per heavy atom. The third kappa shape index (κ3) is 7.86. The number of ether oxygens (including phenoxy) is 1. The molecule has 2 rings (SSSR count). The van der Waals surface area contributed by atoms with Crippen molar-refractivity contribution in [1.82, 2.24) is 0 Å². The molecular formula is C26H38ClNO3. The third-order valence-corrected chi connectivity index (χ3v) is 5.22. The second-order valence-corrected chi connectivity index (χ2v) is 8.79. The van der Waals surface area contributed by atoms with Crippen LogP contribution in [-0.4, -0.2) is 23.2 Å². The van der Waals surface area contributed by atoms with E-state index in [-0.39, 0.29) is 30.9 Å². The zero-order valence-corrected chi connectivity index (χ0v) is 20.5. The van der Waals surface area contributed by atoms with Gasteiger partial charge in [-0.3, -0.25) is 4.79 Å². The van der Waals surface area contributed by atoms with Crippen molar-refractivity contribution in [1.29, 1.82) is 0 Å². The monoisotopic (exact) mass is 447 g/mol. The Morgan fingerprint density at radius 1 is 0.935 bits per heavy atom. The van der Waals surface area contributed by atoms with Crippen LogP contribution in [0.3, 0.4) is 0 Å². The summed E-state index contributed by atoms with van der Waals surface area (Å²) >= 11 is 0. The van der Waals surface area contributed by atoms with Gasteiger partial charge in [-0.2, -0.15) is 0 Å². The maximum Gasteiger partial charge on any atom is 0.313 e. The summed E-state index contributed by atoms with van der Waals surface area (Å²) in [7, 11) is 0. The van der Waals surface area contributed by atoms with Gasteiger partial charge in [-0.05, 0) is 87.9 Å². The first-order valence-corrected chi connectivity index (χ1v) is 11.0. The topological polar surface area (TPSA) is 49.8 Å². The lowest BCUT2D eigenvalue weighted by molar-refractivity contribution is -0.137. The molecule has 0 aromatic heterocycles. The number of esters is 1. The number of halogens is 1. The van der Waals surface area contributed by atoms with Crippen molar-refractivity contribution in [2.75, 3.05) is 4.90 Å². The van der Waals surface area contributed by atoms with Gasteiger partial charge < -0.3 is 14.7 Å². The number of carbonyl (C=O) groups excluding carboxylic acids is 1. The summed E-state index contributed by atoms with van der Waals surface area (Å²) in [6.45, 7) is 12.5. The van der Waals surface area contributed by atoms with Gasteiger partial charge in [0, 0.05) is 17.8 Å². The van der Waals surface area contributed by atoms with Crippen molar-refractivity contribution < 1.29 is 14.6 Å². The average Bonchev–Trinajstić information content (AvgIpc) is 2.68. The van der Waals surface area contributed by atoms with Gasteiger partial charge in [0.25, 0.3) is 0 Å². The first-order chi connectivity index (χ1) is 14.2. The molecule has 5 heteroatoms. The summed E-state index contributed by atoms with van der Waals surface area (Å²) in [5.41, 5.74) is 4.36. The first-order valence-electron chi connectivity index (χ1n) is 11.0. The zero-order chi connectivity index (χ0) is 22.3. The number of nitrogens with zero attached hydrogens (tertiary/aromatic N) is 1. The van der Waals surface area contributed by atoms with Gasteiger partial charge in [0.2, 0.25) is 0 Å². The summed E-state index contributed by atoms with van der Waals surface area (Å²) in [5.74, 6) is 0.191. The Morgan fingerprint density at radius 3 is 2.19 bits per heavy atom. The van der Waals surface area contributed by atoms with Crippen molar-refractivity contribution in [2.24, 2.45) is 5.92 Å². The van der Waals surface area contributed by atoms with Crippen molar-refractivity contribution >= 4 is 24.1 Å². The second kappa shape index (κ2) is 12.7. The highest BCUT2D eigenvalue weighted by atomic mass is 35.5. The van der Waals surface area contributed by atoms with Crippen LogP contribution >= 0.6 is 12.4 Å². The number of hydrogen-bond donors (Lipinski definition) is 1. The molecular weight excluding hydrogens is 410 g/mol. The number of benzene rings is 2. The number of rotatable bonds is 10. The molecule has 1 N–H and O–H groups in total. The minimum Gasteiger partial charge on any atom is -0.426 e. The van der Waals surface area contributed by atoms with Crippen LogP contribution in [0.1, 0.15) is 64.7 Å². The van der Waals surface area contributed by atoms with Crippen molar-refractivity contribution in [3.8, 4) is 5.75 Å². The smallest absolute Gasteiger partial charge is 0.313 e. The van der Waals surface area contributed by atoms with Gasteiger partial charge >= 0.3 is 5.97 Å². The van der Waals surface area contributed by atoms with E-state index in [4.69, 9.17) is 4.74 Å². The molecule has 0 amide bonds. The molecule has 0 saturated carbocycles. The molecule has 0 aliphatic carbocycles. The van der Waals surface area contributed by atoms with Crippen LogP contribution in [0.4, 0.5) is 5.69 Å². The predicted octanol–water partition coefficient (Wildman–Crippen LogP) is 5.96. The highest BCUT2D eigenvalue weighted by Gasteiger charge is 2.15. The molecule has 31 heavy (non-hydrogen) atoms. The molecule has 0 unspecified atom stereocenters. The van der Waals surface area contributed by atoms with Gasteiger partial charge in [0.1, 0.15) is 5.75 Å². The van der Waals surface area contributed by atoms with E-state index in [1.807, 2.05) is 26.0 Å². The van der Waals surface area contributed by atoms with Gasteiger partial charge in [0.15, 0.2) is 0 Å². The fraction of sp³-hybridized carbons (Fsp3) is 0.500. The molecule has 0 aliphatic rings. The Hall–Kier alpha value is -2.04. The van der Waals surface area contributed by atoms with E-state index in [9.17, 15) is 9.90 Å². The van der Waals surface area contributed by atoms with Crippen molar-refractivity contribution in [3.05, 3.63) is 59.2 Å². The van der Waals surface area contributed by atoms with E-state index < -0.39 is 0 Å². The van der Waals surface area contributed by atoms with Crippen LogP contribution in [-0.2, 0) is 24.2 Å². The zero-order valence-electron chi connectivity index (χ0n) is 19.7. The highest BCUT2D eigenvalue weighted by Crippen LogP contribution is 2.25. The van der Waals surface area contributed by atoms with Crippen LogP contribution < -0.4 is 9.64 Å². The number of hydrogen-bond acceptors (Lipinski definition) is 4. The molecule has 172 valence electrons. The van der Waals surface area contributed by atoms with E-state index in [1.165, 1.54) is 11.3 Å². The quantitative estimate of drug-likeness (QED) is 0.360. The predicted molar refractivity (Wildman–Crippen MR) is 131 cm³/mol. The Balaban J connectivity index is 0.00000480. The van der Waals surface area contributed by atoms with E-state index in [0.29, 0.717) is 17.8 Å². The summed E-state index contributed by atoms with van der Waals surface area (Å²) in [4.78, 5) is 14.5. The van der Waals surface area contributed by atoms with E-state index in [0.717, 1.165) is 30.4 Å². The van der Waals surface area contributed by atoms with E-state index in [1.54, 1.807) is 6.07 Å². The summed E-state index contributed by atoms with van der Waals surface area (Å²) in [6.07, 6.45) is 2.67. The minimum absolute atomic E-state index is 0. The maximum atomic E-state index is 12.0. The summed E-state index contributed by atoms with van der Waals surface area (Å²) < 4.78 is 5.59. The van der Waals surface area contributed by atoms with Gasteiger partial charge in [-0.1, -0.05) is 32.0 Å². The molecule has 0 aliphatic heterocycles. The Bertz CT molecular complexity index is 825. The second-order valence-electron chi connectivity index (χ2n) is 8.79. The fourth-order valence-electron chi connectivity index (χ4n) is 3.80. The van der Waals surface area contributed by atoms with Gasteiger partial charge in [0.05, 0.1) is 12.5 Å². The lowest BCUT2D eigenvalue weighted by Crippen LogP contribution is -2.36. The number of carbonyl (C=O) groups is 1. The number of aliphatic hydroxyl groups excluding tert-OH is 1. The number of aryl methyl sites for hydroxylation is 2. The standard InChI is InChI=1S/C26H37NO3.ClH/c1-18(2)26(29)30-25-14-13-22(17-28)15-23(25)11-7-9-21-10-8-12-24(16-21)27(19(3)4)20(5)6;/h8,10,12-16,18-20,28H,7,9,11,17H2,1-6H3;1H. The molecule has 0 fully saturated rings. The van der Waals surface area contributed by atoms with Crippen molar-refractivity contribution in [3.63, 3.8) is 0 Å². The largest absolute Gasteiger partial charge is 0.426 e. The average molecular weight is 448 g/mol. The highest BCUT2D eigenvalue weighted by molar-refractivity contribution is 5.85. The third-order valence-electron chi connectivity index (χ3n) is 5.22. The number of anilines is 1. The maximum absolute atomic E-state index is 12.0. The van der Waals surface area contributed by atoms with Gasteiger partial charge in [-0.25, -0.2) is 0 Å². The molecule has 4 nitrogen and oxygen atoms in total. The Labute approximate surface area is 194 Å². The minimum atomic E-state index is -0.233. The molecule has 0 bridgehead atoms. The lowest BCUT2D eigenvalue weighted by Gasteiger charge is -2.33. The summed E-state index contributed by atoms with van der Waals surface area (Å²) in [5, 5.41) is 9.49. The van der Waals surface area contributed by atoms with Crippen LogP contribution in [0.2, 0.25) is 0 Å². The molecule has 0 spiro atoms. The van der Waals surface area contributed by atoms with Crippen LogP contribution in [0, 0.1) is 5.92 Å². The molecule has 2 aromatic carbocycles. The lowest BCUT2D eigenvalue weighted by atomic mass is 10.0. The van der Waals surface area contributed by atoms with Crippen LogP contribution in [0.5, 0.6) is 5.75 Å². The van der Waals surface area contributed by atoms with Crippen LogP contribution in [0.15, 0.2) is 42.5 Å². The number of aliphatic hydroxyl groups is 1. The molecule has 0 atom stereocenters. The van der Waals surface area contributed by atoms with Crippen LogP contribution in [0.25, 0.3) is 0 Å². The van der Waals surface area contributed by atoms with Gasteiger partial charge in [-0.15, -0.1) is 12.4 Å².